The van der Waals surface area contributed by atoms with Gasteiger partial charge in [-0.2, -0.15) is 0 Å². The molecule has 0 aromatic heterocycles. The van der Waals surface area contributed by atoms with E-state index in [2.05, 4.69) is 0 Å². The van der Waals surface area contributed by atoms with Gasteiger partial charge in [0, 0.05) is 5.92 Å². The quantitative estimate of drug-likeness (QED) is 0.424. The molecule has 1 aromatic rings. The van der Waals surface area contributed by atoms with Gasteiger partial charge in [-0.3, -0.25) is 9.13 Å². The van der Waals surface area contributed by atoms with Crippen molar-refractivity contribution in [1.29, 1.82) is 0 Å². The molecule has 0 aliphatic rings. The molecule has 8 heteroatoms. The molecular weight excluding hydrogens is 362 g/mol. The van der Waals surface area contributed by atoms with Crippen molar-refractivity contribution in [2.75, 3.05) is 38.8 Å². The molecule has 0 aliphatic carbocycles. The Labute approximate surface area is 151 Å². The molecule has 1 aromatic carbocycles. The van der Waals surface area contributed by atoms with Crippen LogP contribution in [0.15, 0.2) is 30.3 Å². The Hall–Kier alpha value is -0.480. The highest BCUT2D eigenvalue weighted by Gasteiger charge is 2.35. The van der Waals surface area contributed by atoms with Crippen LogP contribution in [0.5, 0.6) is 0 Å². The van der Waals surface area contributed by atoms with Gasteiger partial charge in [-0.25, -0.2) is 0 Å². The van der Waals surface area contributed by atoms with Crippen LogP contribution in [0.3, 0.4) is 0 Å². The van der Waals surface area contributed by atoms with Crippen LogP contribution in [0.4, 0.5) is 0 Å². The lowest BCUT2D eigenvalue weighted by atomic mass is 10.0. The van der Waals surface area contributed by atoms with Crippen molar-refractivity contribution < 1.29 is 27.2 Å². The highest BCUT2D eigenvalue weighted by molar-refractivity contribution is 7.55. The predicted molar refractivity (Wildman–Crippen MR) is 101 cm³/mol. The lowest BCUT2D eigenvalue weighted by Gasteiger charge is -2.26. The fourth-order valence-electron chi connectivity index (χ4n) is 2.61. The summed E-state index contributed by atoms with van der Waals surface area (Å²) in [5.74, 6) is -0.325. The van der Waals surface area contributed by atoms with Crippen LogP contribution < -0.4 is 0 Å². The van der Waals surface area contributed by atoms with E-state index in [4.69, 9.17) is 18.1 Å². The summed E-state index contributed by atoms with van der Waals surface area (Å²) in [6, 6.07) is 9.50. The Morgan fingerprint density at radius 3 is 1.40 bits per heavy atom. The molecule has 0 fully saturated rings. The maximum atomic E-state index is 13.0. The van der Waals surface area contributed by atoms with E-state index in [1.54, 1.807) is 27.7 Å². The SMILES string of the molecule is CCOP(=O)(CC(CP(=O)(OCC)OCC)c1ccccc1)OCC. The number of benzene rings is 1. The second-order valence-electron chi connectivity index (χ2n) is 5.37. The van der Waals surface area contributed by atoms with Gasteiger partial charge in [0.05, 0.1) is 38.8 Å². The summed E-state index contributed by atoms with van der Waals surface area (Å²) < 4.78 is 47.6. The summed E-state index contributed by atoms with van der Waals surface area (Å²) >= 11 is 0. The average molecular weight is 392 g/mol. The van der Waals surface area contributed by atoms with Crippen molar-refractivity contribution >= 4 is 15.2 Å². The number of rotatable bonds is 13. The van der Waals surface area contributed by atoms with Gasteiger partial charge in [-0.05, 0) is 33.3 Å². The predicted octanol–water partition coefficient (Wildman–Crippen LogP) is 5.30. The van der Waals surface area contributed by atoms with Gasteiger partial charge in [0.1, 0.15) is 0 Å². The monoisotopic (exact) mass is 392 g/mol. The van der Waals surface area contributed by atoms with Crippen molar-refractivity contribution in [3.8, 4) is 0 Å². The first kappa shape index (κ1) is 22.6. The van der Waals surface area contributed by atoms with Gasteiger partial charge < -0.3 is 18.1 Å². The van der Waals surface area contributed by atoms with E-state index in [1.807, 2.05) is 30.3 Å². The molecule has 0 saturated heterocycles. The minimum atomic E-state index is -3.30. The van der Waals surface area contributed by atoms with Gasteiger partial charge in [0.15, 0.2) is 0 Å². The van der Waals surface area contributed by atoms with Crippen LogP contribution in [0, 0.1) is 0 Å². The molecule has 0 spiro atoms. The van der Waals surface area contributed by atoms with E-state index in [0.29, 0.717) is 0 Å². The first-order valence-electron chi connectivity index (χ1n) is 8.73. The molecule has 25 heavy (non-hydrogen) atoms. The van der Waals surface area contributed by atoms with Gasteiger partial charge >= 0.3 is 15.2 Å². The van der Waals surface area contributed by atoms with E-state index < -0.39 is 15.2 Å². The summed E-state index contributed by atoms with van der Waals surface area (Å²) in [5, 5.41) is 0. The maximum Gasteiger partial charge on any atom is 0.331 e. The van der Waals surface area contributed by atoms with Crippen molar-refractivity contribution in [1.82, 2.24) is 0 Å². The third kappa shape index (κ3) is 7.74. The van der Waals surface area contributed by atoms with Gasteiger partial charge in [-0.1, -0.05) is 30.3 Å². The Morgan fingerprint density at radius 1 is 0.720 bits per heavy atom. The smallest absolute Gasteiger partial charge is 0.309 e. The van der Waals surface area contributed by atoms with Crippen molar-refractivity contribution in [2.24, 2.45) is 0 Å². The summed E-state index contributed by atoms with van der Waals surface area (Å²) in [4.78, 5) is 0. The summed E-state index contributed by atoms with van der Waals surface area (Å²) in [6.45, 7) is 8.23. The molecule has 6 nitrogen and oxygen atoms in total. The van der Waals surface area contributed by atoms with E-state index in [1.165, 1.54) is 0 Å². The molecule has 1 rings (SSSR count). The van der Waals surface area contributed by atoms with Gasteiger partial charge in [0.2, 0.25) is 0 Å². The van der Waals surface area contributed by atoms with Crippen molar-refractivity contribution in [3.63, 3.8) is 0 Å². The highest BCUT2D eigenvalue weighted by Crippen LogP contribution is 2.56. The molecule has 0 saturated carbocycles. The zero-order valence-corrected chi connectivity index (χ0v) is 17.3. The number of hydrogen-bond donors (Lipinski definition) is 0. The zero-order chi connectivity index (χ0) is 18.8. The molecule has 144 valence electrons. The molecule has 0 aliphatic heterocycles. The fraction of sp³-hybridized carbons (Fsp3) is 0.647. The Kier molecular flexibility index (Phi) is 10.2. The summed E-state index contributed by atoms with van der Waals surface area (Å²) in [5.41, 5.74) is 0.904. The van der Waals surface area contributed by atoms with Crippen LogP contribution >= 0.6 is 15.2 Å². The normalized spacial score (nSPS) is 12.7. The lowest BCUT2D eigenvalue weighted by Crippen LogP contribution is -2.15. The Balaban J connectivity index is 3.12. The van der Waals surface area contributed by atoms with Crippen LogP contribution in [0.1, 0.15) is 39.2 Å². The van der Waals surface area contributed by atoms with Crippen LogP contribution in [0.2, 0.25) is 0 Å². The standard InChI is InChI=1S/C17H30O6P2/c1-5-20-24(18,21-6-2)14-17(16-12-10-9-11-13-16)15-25(19,22-7-3)23-8-4/h9-13,17H,5-8,14-15H2,1-4H3. The van der Waals surface area contributed by atoms with Crippen LogP contribution in [-0.2, 0) is 27.2 Å². The molecular formula is C17H30O6P2. The van der Waals surface area contributed by atoms with Crippen LogP contribution in [-0.4, -0.2) is 38.8 Å². The minimum Gasteiger partial charge on any atom is -0.309 e. The first-order valence-corrected chi connectivity index (χ1v) is 12.2. The number of hydrogen-bond acceptors (Lipinski definition) is 6. The average Bonchev–Trinajstić information content (AvgIpc) is 2.56. The van der Waals surface area contributed by atoms with Crippen LogP contribution in [0.25, 0.3) is 0 Å². The zero-order valence-electron chi connectivity index (χ0n) is 15.6. The Bertz CT molecular complexity index is 526. The van der Waals surface area contributed by atoms with E-state index in [-0.39, 0.29) is 44.7 Å². The fourth-order valence-corrected chi connectivity index (χ4v) is 6.71. The van der Waals surface area contributed by atoms with E-state index in [0.717, 1.165) is 5.56 Å². The molecule has 0 bridgehead atoms. The molecule has 0 unspecified atom stereocenters. The third-order valence-electron chi connectivity index (χ3n) is 3.46. The third-order valence-corrected chi connectivity index (χ3v) is 7.84. The second-order valence-corrected chi connectivity index (χ2v) is 9.57. The van der Waals surface area contributed by atoms with Gasteiger partial charge in [0.25, 0.3) is 0 Å². The highest BCUT2D eigenvalue weighted by atomic mass is 31.2. The molecule has 0 radical (unpaired) electrons. The van der Waals surface area contributed by atoms with E-state index >= 15 is 0 Å². The van der Waals surface area contributed by atoms with Gasteiger partial charge in [-0.15, -0.1) is 0 Å². The van der Waals surface area contributed by atoms with Crippen molar-refractivity contribution in [2.45, 2.75) is 33.6 Å². The summed E-state index contributed by atoms with van der Waals surface area (Å²) in [6.07, 6.45) is 0.256. The molecule has 0 amide bonds. The maximum absolute atomic E-state index is 13.0. The minimum absolute atomic E-state index is 0.128. The first-order chi connectivity index (χ1) is 11.9. The second kappa shape index (κ2) is 11.3. The molecule has 0 heterocycles. The molecule has 0 atom stereocenters. The topological polar surface area (TPSA) is 71.1 Å². The Morgan fingerprint density at radius 2 is 1.08 bits per heavy atom. The molecule has 0 N–H and O–H groups in total. The largest absolute Gasteiger partial charge is 0.331 e. The van der Waals surface area contributed by atoms with Crippen molar-refractivity contribution in [3.05, 3.63) is 35.9 Å². The summed E-state index contributed by atoms with van der Waals surface area (Å²) in [7, 11) is -6.59. The lowest BCUT2D eigenvalue weighted by molar-refractivity contribution is 0.214. The van der Waals surface area contributed by atoms with E-state index in [9.17, 15) is 9.13 Å².